The second-order valence-corrected chi connectivity index (χ2v) is 4.86. The summed E-state index contributed by atoms with van der Waals surface area (Å²) < 4.78 is 0.652. The molecule has 1 aromatic rings. The van der Waals surface area contributed by atoms with E-state index in [0.29, 0.717) is 22.8 Å². The minimum Gasteiger partial charge on any atom is -0.393 e. The van der Waals surface area contributed by atoms with Gasteiger partial charge >= 0.3 is 0 Å². The van der Waals surface area contributed by atoms with Crippen LogP contribution in [0.25, 0.3) is 0 Å². The van der Waals surface area contributed by atoms with Crippen LogP contribution in [0.4, 0.5) is 0 Å². The molecular formula is C11H13BrN2O2. The maximum atomic E-state index is 11.7. The Bertz CT molecular complexity index is 391. The molecule has 0 saturated heterocycles. The van der Waals surface area contributed by atoms with Gasteiger partial charge < -0.3 is 10.4 Å². The molecule has 0 spiro atoms. The van der Waals surface area contributed by atoms with E-state index in [9.17, 15) is 4.79 Å². The van der Waals surface area contributed by atoms with Crippen LogP contribution in [0.5, 0.6) is 0 Å². The van der Waals surface area contributed by atoms with E-state index in [1.54, 1.807) is 18.2 Å². The number of hydrogen-bond donors (Lipinski definition) is 2. The van der Waals surface area contributed by atoms with Gasteiger partial charge in [-0.3, -0.25) is 4.79 Å². The Morgan fingerprint density at radius 3 is 2.94 bits per heavy atom. The number of amides is 1. The highest BCUT2D eigenvalue weighted by molar-refractivity contribution is 9.10. The maximum Gasteiger partial charge on any atom is 0.269 e. The van der Waals surface area contributed by atoms with Gasteiger partial charge in [0.2, 0.25) is 0 Å². The zero-order chi connectivity index (χ0) is 11.5. The third kappa shape index (κ3) is 2.80. The van der Waals surface area contributed by atoms with E-state index in [1.165, 1.54) is 0 Å². The minimum absolute atomic E-state index is 0.164. The molecule has 1 aliphatic rings. The van der Waals surface area contributed by atoms with E-state index >= 15 is 0 Å². The molecule has 0 radical (unpaired) electrons. The van der Waals surface area contributed by atoms with Gasteiger partial charge in [-0.2, -0.15) is 0 Å². The van der Waals surface area contributed by atoms with Crippen LogP contribution in [-0.4, -0.2) is 28.6 Å². The van der Waals surface area contributed by atoms with Gasteiger partial charge in [0, 0.05) is 6.54 Å². The molecule has 1 heterocycles. The molecule has 0 unspecified atom stereocenters. The van der Waals surface area contributed by atoms with Crippen LogP contribution in [0.15, 0.2) is 22.8 Å². The first-order valence-electron chi connectivity index (χ1n) is 5.24. The van der Waals surface area contributed by atoms with Crippen LogP contribution in [0.1, 0.15) is 23.3 Å². The molecule has 16 heavy (non-hydrogen) atoms. The number of aromatic nitrogens is 1. The summed E-state index contributed by atoms with van der Waals surface area (Å²) >= 11 is 3.22. The van der Waals surface area contributed by atoms with Crippen molar-refractivity contribution in [3.63, 3.8) is 0 Å². The fourth-order valence-corrected chi connectivity index (χ4v) is 2.07. The number of carbonyl (C=O) groups is 1. The Balaban J connectivity index is 1.84. The van der Waals surface area contributed by atoms with Crippen LogP contribution in [0, 0.1) is 5.92 Å². The van der Waals surface area contributed by atoms with E-state index in [1.807, 2.05) is 0 Å². The number of hydrogen-bond acceptors (Lipinski definition) is 3. The van der Waals surface area contributed by atoms with Gasteiger partial charge in [0.1, 0.15) is 10.3 Å². The summed E-state index contributed by atoms with van der Waals surface area (Å²) in [7, 11) is 0. The van der Waals surface area contributed by atoms with Crippen molar-refractivity contribution < 1.29 is 9.90 Å². The Morgan fingerprint density at radius 1 is 1.56 bits per heavy atom. The molecule has 2 rings (SSSR count). The van der Waals surface area contributed by atoms with Crippen molar-refractivity contribution in [2.24, 2.45) is 5.92 Å². The van der Waals surface area contributed by atoms with Crippen molar-refractivity contribution in [3.05, 3.63) is 28.5 Å². The molecule has 0 bridgehead atoms. The fourth-order valence-electron chi connectivity index (χ4n) is 1.73. The molecule has 1 saturated carbocycles. The molecule has 0 atom stereocenters. The Hall–Kier alpha value is -0.940. The standard InChI is InChI=1S/C11H13BrN2O2/c12-10-3-1-2-9(14-10)11(16)13-6-7-4-8(15)5-7/h1-3,7-8,15H,4-6H2,(H,13,16). The fraction of sp³-hybridized carbons (Fsp3) is 0.455. The molecular weight excluding hydrogens is 272 g/mol. The highest BCUT2D eigenvalue weighted by Crippen LogP contribution is 2.26. The molecule has 1 fully saturated rings. The van der Waals surface area contributed by atoms with Gasteiger partial charge in [-0.15, -0.1) is 0 Å². The number of carbonyl (C=O) groups excluding carboxylic acids is 1. The van der Waals surface area contributed by atoms with Crippen molar-refractivity contribution in [1.29, 1.82) is 0 Å². The van der Waals surface area contributed by atoms with E-state index < -0.39 is 0 Å². The number of nitrogens with one attached hydrogen (secondary N) is 1. The number of nitrogens with zero attached hydrogens (tertiary/aromatic N) is 1. The summed E-state index contributed by atoms with van der Waals surface area (Å²) in [4.78, 5) is 15.7. The first-order chi connectivity index (χ1) is 7.65. The van der Waals surface area contributed by atoms with Crippen molar-refractivity contribution in [2.45, 2.75) is 18.9 Å². The molecule has 1 aliphatic carbocycles. The summed E-state index contributed by atoms with van der Waals surface area (Å²) in [6, 6.07) is 5.23. The van der Waals surface area contributed by atoms with Crippen LogP contribution < -0.4 is 5.32 Å². The zero-order valence-electron chi connectivity index (χ0n) is 8.69. The minimum atomic E-state index is -0.175. The number of aliphatic hydroxyl groups is 1. The van der Waals surface area contributed by atoms with Gasteiger partial charge in [-0.05, 0) is 46.8 Å². The molecule has 86 valence electrons. The molecule has 1 amide bonds. The number of pyridine rings is 1. The van der Waals surface area contributed by atoms with Crippen LogP contribution >= 0.6 is 15.9 Å². The highest BCUT2D eigenvalue weighted by Gasteiger charge is 2.27. The normalized spacial score (nSPS) is 23.6. The second kappa shape index (κ2) is 4.93. The van der Waals surface area contributed by atoms with E-state index in [-0.39, 0.29) is 12.0 Å². The quantitative estimate of drug-likeness (QED) is 0.824. The van der Waals surface area contributed by atoms with Crippen molar-refractivity contribution in [2.75, 3.05) is 6.54 Å². The average Bonchev–Trinajstić information content (AvgIpc) is 2.22. The first-order valence-corrected chi connectivity index (χ1v) is 6.03. The largest absolute Gasteiger partial charge is 0.393 e. The van der Waals surface area contributed by atoms with Gasteiger partial charge in [0.15, 0.2) is 0 Å². The average molecular weight is 285 g/mol. The zero-order valence-corrected chi connectivity index (χ0v) is 10.3. The lowest BCUT2D eigenvalue weighted by Gasteiger charge is -2.31. The van der Waals surface area contributed by atoms with E-state index in [2.05, 4.69) is 26.2 Å². The third-order valence-corrected chi connectivity index (χ3v) is 3.15. The van der Waals surface area contributed by atoms with E-state index in [4.69, 9.17) is 5.11 Å². The lowest BCUT2D eigenvalue weighted by Crippen LogP contribution is -2.38. The van der Waals surface area contributed by atoms with Crippen molar-refractivity contribution in [3.8, 4) is 0 Å². The van der Waals surface area contributed by atoms with E-state index in [0.717, 1.165) is 12.8 Å². The Kier molecular flexibility index (Phi) is 3.56. The molecule has 0 aliphatic heterocycles. The second-order valence-electron chi connectivity index (χ2n) is 4.05. The topological polar surface area (TPSA) is 62.2 Å². The molecule has 0 aromatic carbocycles. The SMILES string of the molecule is O=C(NCC1CC(O)C1)c1cccc(Br)n1. The number of aliphatic hydroxyl groups excluding tert-OH is 1. The van der Waals surface area contributed by atoms with Crippen molar-refractivity contribution >= 4 is 21.8 Å². The molecule has 2 N–H and O–H groups in total. The summed E-state index contributed by atoms with van der Waals surface area (Å²) in [6.45, 7) is 0.615. The third-order valence-electron chi connectivity index (χ3n) is 2.71. The summed E-state index contributed by atoms with van der Waals surface area (Å²) in [5, 5.41) is 11.9. The van der Waals surface area contributed by atoms with Crippen LogP contribution in [-0.2, 0) is 0 Å². The molecule has 5 heteroatoms. The molecule has 4 nitrogen and oxygen atoms in total. The summed E-state index contributed by atoms with van der Waals surface area (Å²) in [6.07, 6.45) is 1.39. The molecule has 1 aromatic heterocycles. The predicted octanol–water partition coefficient (Wildman–Crippen LogP) is 1.34. The van der Waals surface area contributed by atoms with Crippen molar-refractivity contribution in [1.82, 2.24) is 10.3 Å². The summed E-state index contributed by atoms with van der Waals surface area (Å²) in [5.41, 5.74) is 0.411. The van der Waals surface area contributed by atoms with Gasteiger partial charge in [0.25, 0.3) is 5.91 Å². The van der Waals surface area contributed by atoms with Gasteiger partial charge in [-0.25, -0.2) is 4.98 Å². The Morgan fingerprint density at radius 2 is 2.31 bits per heavy atom. The monoisotopic (exact) mass is 284 g/mol. The smallest absolute Gasteiger partial charge is 0.269 e. The van der Waals surface area contributed by atoms with Crippen LogP contribution in [0.3, 0.4) is 0 Å². The van der Waals surface area contributed by atoms with Crippen LogP contribution in [0.2, 0.25) is 0 Å². The maximum absolute atomic E-state index is 11.7. The number of rotatable bonds is 3. The predicted molar refractivity (Wildman–Crippen MR) is 63.0 cm³/mol. The number of halogens is 1. The van der Waals surface area contributed by atoms with Gasteiger partial charge in [-0.1, -0.05) is 6.07 Å². The lowest BCUT2D eigenvalue weighted by molar-refractivity contribution is 0.0419. The van der Waals surface area contributed by atoms with Gasteiger partial charge in [0.05, 0.1) is 6.10 Å². The lowest BCUT2D eigenvalue weighted by atomic mass is 9.82. The first kappa shape index (κ1) is 11.5. The summed E-state index contributed by atoms with van der Waals surface area (Å²) in [5.74, 6) is 0.244. The highest BCUT2D eigenvalue weighted by atomic mass is 79.9. The Labute approximate surface area is 102 Å².